The Labute approximate surface area is 190 Å². The highest BCUT2D eigenvalue weighted by Gasteiger charge is 2.25. The topological polar surface area (TPSA) is 76.0 Å². The molecule has 168 valence electrons. The predicted octanol–water partition coefficient (Wildman–Crippen LogP) is 4.05. The third-order valence-corrected chi connectivity index (χ3v) is 5.48. The van der Waals surface area contributed by atoms with Gasteiger partial charge in [-0.2, -0.15) is 5.10 Å². The maximum atomic E-state index is 13.0. The minimum Gasteiger partial charge on any atom is -0.348 e. The van der Waals surface area contributed by atoms with Gasteiger partial charge in [-0.1, -0.05) is 56.3 Å². The maximum absolute atomic E-state index is 13.0. The first-order chi connectivity index (χ1) is 15.2. The van der Waals surface area contributed by atoms with Gasteiger partial charge in [0.25, 0.3) is 0 Å². The second-order valence-electron chi connectivity index (χ2n) is 8.61. The molecule has 3 aromatic rings. The lowest BCUT2D eigenvalue weighted by Crippen LogP contribution is -2.50. The fourth-order valence-corrected chi connectivity index (χ4v) is 3.72. The zero-order chi connectivity index (χ0) is 23.3. The van der Waals surface area contributed by atoms with Gasteiger partial charge in [0, 0.05) is 5.69 Å². The van der Waals surface area contributed by atoms with Crippen LogP contribution in [0.5, 0.6) is 0 Å². The SMILES string of the molecule is Cc1cc(C)n(-c2ccc([C@H](C)NC(=O)[C@@H](NC(=O)Cc3ccccc3)C(C)C)cc2)n1. The number of hydrogen-bond donors (Lipinski definition) is 2. The molecule has 3 rings (SSSR count). The van der Waals surface area contributed by atoms with Gasteiger partial charge < -0.3 is 10.6 Å². The molecule has 2 N–H and O–H groups in total. The molecule has 0 spiro atoms. The van der Waals surface area contributed by atoms with Crippen molar-refractivity contribution < 1.29 is 9.59 Å². The largest absolute Gasteiger partial charge is 0.348 e. The van der Waals surface area contributed by atoms with Crippen molar-refractivity contribution >= 4 is 11.8 Å². The average Bonchev–Trinajstić information content (AvgIpc) is 3.10. The van der Waals surface area contributed by atoms with E-state index in [1.807, 2.05) is 100.0 Å². The monoisotopic (exact) mass is 432 g/mol. The summed E-state index contributed by atoms with van der Waals surface area (Å²) < 4.78 is 1.90. The predicted molar refractivity (Wildman–Crippen MR) is 127 cm³/mol. The van der Waals surface area contributed by atoms with Gasteiger partial charge in [0.1, 0.15) is 6.04 Å². The summed E-state index contributed by atoms with van der Waals surface area (Å²) in [5.41, 5.74) is 4.93. The number of aromatic nitrogens is 2. The Morgan fingerprint density at radius 1 is 0.938 bits per heavy atom. The van der Waals surface area contributed by atoms with Crippen LogP contribution in [0.3, 0.4) is 0 Å². The number of rotatable bonds is 8. The Balaban J connectivity index is 1.63. The lowest BCUT2D eigenvalue weighted by atomic mass is 10.0. The van der Waals surface area contributed by atoms with Gasteiger partial charge in [0.2, 0.25) is 11.8 Å². The first-order valence-electron chi connectivity index (χ1n) is 11.0. The van der Waals surface area contributed by atoms with Crippen molar-refractivity contribution in [2.45, 2.75) is 53.1 Å². The Hall–Kier alpha value is -3.41. The van der Waals surface area contributed by atoms with Crippen LogP contribution in [0.1, 0.15) is 49.3 Å². The first-order valence-corrected chi connectivity index (χ1v) is 11.0. The van der Waals surface area contributed by atoms with Gasteiger partial charge in [-0.15, -0.1) is 0 Å². The molecule has 1 heterocycles. The number of benzene rings is 2. The summed E-state index contributed by atoms with van der Waals surface area (Å²) in [5.74, 6) is -0.376. The van der Waals surface area contributed by atoms with E-state index in [0.29, 0.717) is 0 Å². The molecule has 0 bridgehead atoms. The second kappa shape index (κ2) is 10.3. The Kier molecular flexibility index (Phi) is 7.46. The van der Waals surface area contributed by atoms with Gasteiger partial charge in [-0.3, -0.25) is 9.59 Å². The zero-order valence-corrected chi connectivity index (χ0v) is 19.4. The van der Waals surface area contributed by atoms with E-state index in [1.54, 1.807) is 0 Å². The molecule has 0 unspecified atom stereocenters. The number of nitrogens with one attached hydrogen (secondary N) is 2. The van der Waals surface area contributed by atoms with Crippen molar-refractivity contribution in [2.24, 2.45) is 5.92 Å². The van der Waals surface area contributed by atoms with Crippen LogP contribution in [0.2, 0.25) is 0 Å². The Morgan fingerprint density at radius 2 is 1.59 bits per heavy atom. The maximum Gasteiger partial charge on any atom is 0.243 e. The smallest absolute Gasteiger partial charge is 0.243 e. The molecule has 0 fully saturated rings. The quantitative estimate of drug-likeness (QED) is 0.564. The van der Waals surface area contributed by atoms with Gasteiger partial charge in [0.05, 0.1) is 23.8 Å². The highest BCUT2D eigenvalue weighted by atomic mass is 16.2. The molecule has 0 radical (unpaired) electrons. The molecule has 0 saturated carbocycles. The van der Waals surface area contributed by atoms with Crippen LogP contribution in [0.4, 0.5) is 0 Å². The highest BCUT2D eigenvalue weighted by Crippen LogP contribution is 2.18. The van der Waals surface area contributed by atoms with Crippen LogP contribution in [0.25, 0.3) is 5.69 Å². The molecule has 0 aliphatic heterocycles. The van der Waals surface area contributed by atoms with Gasteiger partial charge in [-0.25, -0.2) is 4.68 Å². The van der Waals surface area contributed by atoms with Crippen LogP contribution in [-0.2, 0) is 16.0 Å². The Morgan fingerprint density at radius 3 is 2.16 bits per heavy atom. The van der Waals surface area contributed by atoms with E-state index in [1.165, 1.54) is 0 Å². The fraction of sp³-hybridized carbons (Fsp3) is 0.346. The second-order valence-corrected chi connectivity index (χ2v) is 8.61. The van der Waals surface area contributed by atoms with Crippen molar-refractivity contribution in [3.8, 4) is 5.69 Å². The minimum atomic E-state index is -0.595. The summed E-state index contributed by atoms with van der Waals surface area (Å²) in [6.45, 7) is 9.80. The van der Waals surface area contributed by atoms with E-state index < -0.39 is 6.04 Å². The van der Waals surface area contributed by atoms with Gasteiger partial charge >= 0.3 is 0 Å². The summed E-state index contributed by atoms with van der Waals surface area (Å²) in [5, 5.41) is 10.5. The zero-order valence-electron chi connectivity index (χ0n) is 19.4. The molecule has 0 saturated heterocycles. The molecule has 32 heavy (non-hydrogen) atoms. The van der Waals surface area contributed by atoms with Gasteiger partial charge in [0.15, 0.2) is 0 Å². The molecular formula is C26H32N4O2. The lowest BCUT2D eigenvalue weighted by Gasteiger charge is -2.24. The van der Waals surface area contributed by atoms with Crippen LogP contribution in [0, 0.1) is 19.8 Å². The van der Waals surface area contributed by atoms with Crippen molar-refractivity contribution in [3.63, 3.8) is 0 Å². The molecule has 0 aliphatic rings. The molecule has 2 atom stereocenters. The van der Waals surface area contributed by atoms with E-state index in [-0.39, 0.29) is 30.2 Å². The van der Waals surface area contributed by atoms with Crippen molar-refractivity contribution in [3.05, 3.63) is 83.2 Å². The minimum absolute atomic E-state index is 0.0321. The number of carbonyl (C=O) groups is 2. The molecule has 6 heteroatoms. The third-order valence-electron chi connectivity index (χ3n) is 5.48. The molecule has 2 amide bonds. The molecule has 1 aromatic heterocycles. The average molecular weight is 433 g/mol. The Bertz CT molecular complexity index is 1060. The number of nitrogens with zero attached hydrogens (tertiary/aromatic N) is 2. The van der Waals surface area contributed by atoms with Crippen molar-refractivity contribution in [2.75, 3.05) is 0 Å². The van der Waals surface area contributed by atoms with Gasteiger partial charge in [-0.05, 0) is 56.0 Å². The third kappa shape index (κ3) is 5.84. The molecule has 2 aromatic carbocycles. The number of carbonyl (C=O) groups excluding carboxylic acids is 2. The summed E-state index contributed by atoms with van der Waals surface area (Å²) in [7, 11) is 0. The lowest BCUT2D eigenvalue weighted by molar-refractivity contribution is -0.130. The number of amides is 2. The summed E-state index contributed by atoms with van der Waals surface area (Å²) in [4.78, 5) is 25.4. The normalized spacial score (nSPS) is 12.9. The van der Waals surface area contributed by atoms with Crippen molar-refractivity contribution in [1.29, 1.82) is 0 Å². The number of hydrogen-bond acceptors (Lipinski definition) is 3. The summed E-state index contributed by atoms with van der Waals surface area (Å²) >= 11 is 0. The summed E-state index contributed by atoms with van der Waals surface area (Å²) in [6, 6.07) is 18.8. The summed E-state index contributed by atoms with van der Waals surface area (Å²) in [6.07, 6.45) is 0.251. The molecule has 0 aliphatic carbocycles. The van der Waals surface area contributed by atoms with E-state index >= 15 is 0 Å². The van der Waals surface area contributed by atoms with E-state index in [0.717, 1.165) is 28.2 Å². The van der Waals surface area contributed by atoms with E-state index in [4.69, 9.17) is 0 Å². The molecular weight excluding hydrogens is 400 g/mol. The van der Waals surface area contributed by atoms with E-state index in [9.17, 15) is 9.59 Å². The van der Waals surface area contributed by atoms with Crippen LogP contribution >= 0.6 is 0 Å². The highest BCUT2D eigenvalue weighted by molar-refractivity contribution is 5.88. The fourth-order valence-electron chi connectivity index (χ4n) is 3.72. The van der Waals surface area contributed by atoms with Crippen molar-refractivity contribution in [1.82, 2.24) is 20.4 Å². The molecule has 6 nitrogen and oxygen atoms in total. The standard InChI is InChI=1S/C26H32N4O2/c1-17(2)25(28-24(31)16-21-9-7-6-8-10-21)26(32)27-20(5)22-11-13-23(14-12-22)30-19(4)15-18(3)29-30/h6-15,17,20,25H,16H2,1-5H3,(H,27,32)(H,28,31)/t20-,25-/m0/s1. The van der Waals surface area contributed by atoms with Crippen LogP contribution < -0.4 is 10.6 Å². The van der Waals surface area contributed by atoms with Crippen LogP contribution in [-0.4, -0.2) is 27.6 Å². The van der Waals surface area contributed by atoms with Crippen LogP contribution in [0.15, 0.2) is 60.7 Å². The number of aryl methyl sites for hydroxylation is 2. The van der Waals surface area contributed by atoms with E-state index in [2.05, 4.69) is 15.7 Å². The first kappa shape index (κ1) is 23.3.